The van der Waals surface area contributed by atoms with Gasteiger partial charge in [0.2, 0.25) is 11.8 Å². The number of amides is 2. The monoisotopic (exact) mass is 458 g/mol. The van der Waals surface area contributed by atoms with E-state index in [0.29, 0.717) is 30.2 Å². The van der Waals surface area contributed by atoms with E-state index >= 15 is 0 Å². The van der Waals surface area contributed by atoms with E-state index in [1.807, 2.05) is 0 Å². The lowest BCUT2D eigenvalue weighted by atomic mass is 9.50. The number of piperidine rings is 1. The Labute approximate surface area is 201 Å². The number of fused-ring (bicyclic) bond motifs is 3. The van der Waals surface area contributed by atoms with Crippen LogP contribution in [0.1, 0.15) is 36.3 Å². The molecule has 1 aromatic rings. The zero-order valence-electron chi connectivity index (χ0n) is 19.9. The molecule has 0 aromatic heterocycles. The molecule has 0 N–H and O–H groups in total. The van der Waals surface area contributed by atoms with Gasteiger partial charge in [-0.2, -0.15) is 0 Å². The smallest absolute Gasteiger partial charge is 0.233 e. The van der Waals surface area contributed by atoms with Crippen molar-refractivity contribution in [3.63, 3.8) is 0 Å². The van der Waals surface area contributed by atoms with Crippen molar-refractivity contribution >= 4 is 11.8 Å². The molecule has 7 aliphatic rings. The van der Waals surface area contributed by atoms with Gasteiger partial charge >= 0.3 is 0 Å². The minimum Gasteiger partial charge on any atom is -0.496 e. The van der Waals surface area contributed by atoms with Crippen molar-refractivity contribution < 1.29 is 14.3 Å². The zero-order valence-corrected chi connectivity index (χ0v) is 19.9. The largest absolute Gasteiger partial charge is 0.496 e. The molecule has 34 heavy (non-hydrogen) atoms. The van der Waals surface area contributed by atoms with Crippen LogP contribution in [0.3, 0.4) is 0 Å². The Bertz CT molecular complexity index is 1050. The summed E-state index contributed by atoms with van der Waals surface area (Å²) in [4.78, 5) is 30.7. The average molecular weight is 459 g/mol. The quantitative estimate of drug-likeness (QED) is 0.371. The Hall–Kier alpha value is -2.40. The fraction of sp³-hybridized carbons (Fsp3) is 0.586. The van der Waals surface area contributed by atoms with Crippen molar-refractivity contribution in [2.45, 2.75) is 31.6 Å². The minimum atomic E-state index is -0.103. The first-order valence-electron chi connectivity index (χ1n) is 13.3. The SMILES string of the molecule is COc1cccc2c1[C@H]1CCN(CCCCN3C(=O)C4C(C3=O)[C@H]3C=C[C@@H]4C4C=CC43)C[C@@H]1C2. The minimum absolute atomic E-state index is 0.103. The highest BCUT2D eigenvalue weighted by molar-refractivity contribution is 6.06. The highest BCUT2D eigenvalue weighted by Gasteiger charge is 2.62. The summed E-state index contributed by atoms with van der Waals surface area (Å²) in [5.74, 6) is 3.81. The van der Waals surface area contributed by atoms with Gasteiger partial charge in [0.25, 0.3) is 0 Å². The zero-order chi connectivity index (χ0) is 23.0. The summed E-state index contributed by atoms with van der Waals surface area (Å²) in [5.41, 5.74) is 2.92. The average Bonchev–Trinajstić information content (AvgIpc) is 3.32. The molecule has 8 atom stereocenters. The Morgan fingerprint density at radius 3 is 2.26 bits per heavy atom. The van der Waals surface area contributed by atoms with Crippen LogP contribution < -0.4 is 4.74 Å². The normalized spacial score (nSPS) is 39.0. The van der Waals surface area contributed by atoms with Crippen LogP contribution in [0.15, 0.2) is 42.5 Å². The summed E-state index contributed by atoms with van der Waals surface area (Å²) in [6.07, 6.45) is 13.3. The summed E-state index contributed by atoms with van der Waals surface area (Å²) in [5, 5.41) is 0. The number of hydrogen-bond donors (Lipinski definition) is 0. The predicted octanol–water partition coefficient (Wildman–Crippen LogP) is 3.66. The third kappa shape index (κ3) is 2.89. The van der Waals surface area contributed by atoms with Crippen molar-refractivity contribution in [1.82, 2.24) is 9.80 Å². The molecule has 2 aliphatic heterocycles. The fourth-order valence-corrected chi connectivity index (χ4v) is 8.32. The van der Waals surface area contributed by atoms with E-state index in [0.717, 1.165) is 44.6 Å². The number of hydrogen-bond acceptors (Lipinski definition) is 4. The Morgan fingerprint density at radius 2 is 1.59 bits per heavy atom. The van der Waals surface area contributed by atoms with E-state index in [1.165, 1.54) is 17.5 Å². The van der Waals surface area contributed by atoms with Crippen LogP contribution in [0.2, 0.25) is 0 Å². The molecule has 3 fully saturated rings. The second kappa shape index (κ2) is 7.81. The Balaban J connectivity index is 0.931. The second-order valence-electron chi connectivity index (χ2n) is 11.4. The lowest BCUT2D eigenvalue weighted by Crippen LogP contribution is -2.50. The molecule has 5 aliphatic carbocycles. The molecule has 1 saturated carbocycles. The van der Waals surface area contributed by atoms with E-state index in [9.17, 15) is 9.59 Å². The number of methoxy groups -OCH3 is 1. The van der Waals surface area contributed by atoms with Crippen molar-refractivity contribution in [2.24, 2.45) is 41.4 Å². The molecule has 0 spiro atoms. The molecule has 2 saturated heterocycles. The molecule has 178 valence electrons. The van der Waals surface area contributed by atoms with E-state index in [2.05, 4.69) is 47.4 Å². The summed E-state index contributed by atoms with van der Waals surface area (Å²) in [6.45, 7) is 3.91. The predicted molar refractivity (Wildman–Crippen MR) is 129 cm³/mol. The van der Waals surface area contributed by atoms with Gasteiger partial charge in [-0.1, -0.05) is 36.4 Å². The molecule has 5 heteroatoms. The lowest BCUT2D eigenvalue weighted by Gasteiger charge is -2.51. The Kier molecular flexibility index (Phi) is 4.81. The maximum absolute atomic E-state index is 13.2. The van der Waals surface area contributed by atoms with Gasteiger partial charge in [0.15, 0.2) is 0 Å². The molecule has 0 radical (unpaired) electrons. The van der Waals surface area contributed by atoms with Crippen molar-refractivity contribution in [3.8, 4) is 5.75 Å². The standard InChI is InChI=1S/C29H34N2O3/c1-34-24-6-4-5-17-15-18-16-30(14-11-19(18)25(17)24)12-2-3-13-31-28(32)26-22-9-10-23(27(26)29(31)33)21-8-7-20(21)22/h4-10,18-23,26-27H,2-3,11-16H2,1H3/t18-,19-,20?,21?,22-,23+,26?,27?/m0/s1. The highest BCUT2D eigenvalue weighted by atomic mass is 16.5. The third-order valence-electron chi connectivity index (χ3n) is 9.92. The van der Waals surface area contributed by atoms with Crippen LogP contribution in [0.5, 0.6) is 5.75 Å². The number of allylic oxidation sites excluding steroid dienone is 4. The van der Waals surface area contributed by atoms with Gasteiger partial charge in [-0.25, -0.2) is 0 Å². The summed E-state index contributed by atoms with van der Waals surface area (Å²) < 4.78 is 5.67. The van der Waals surface area contributed by atoms with Crippen LogP contribution in [0.4, 0.5) is 0 Å². The number of imide groups is 1. The summed E-state index contributed by atoms with van der Waals surface area (Å²) >= 11 is 0. The number of carbonyl (C=O) groups is 2. The number of likely N-dealkylation sites (tertiary alicyclic amines) is 2. The molecule has 1 aromatic carbocycles. The first-order valence-corrected chi connectivity index (χ1v) is 13.3. The van der Waals surface area contributed by atoms with E-state index < -0.39 is 0 Å². The molecule has 8 rings (SSSR count). The number of rotatable bonds is 6. The van der Waals surface area contributed by atoms with Crippen molar-refractivity contribution in [2.75, 3.05) is 33.3 Å². The van der Waals surface area contributed by atoms with E-state index in [-0.39, 0.29) is 35.5 Å². The summed E-state index contributed by atoms with van der Waals surface area (Å²) in [7, 11) is 1.78. The van der Waals surface area contributed by atoms with Gasteiger partial charge in [0.05, 0.1) is 18.9 Å². The molecular weight excluding hydrogens is 424 g/mol. The number of benzene rings is 1. The first-order chi connectivity index (χ1) is 16.7. The van der Waals surface area contributed by atoms with Gasteiger partial charge in [-0.15, -0.1) is 0 Å². The van der Waals surface area contributed by atoms with Crippen molar-refractivity contribution in [3.05, 3.63) is 53.6 Å². The van der Waals surface area contributed by atoms with Crippen LogP contribution in [0.25, 0.3) is 0 Å². The van der Waals surface area contributed by atoms with E-state index in [4.69, 9.17) is 4.74 Å². The number of nitrogens with zero attached hydrogens (tertiary/aromatic N) is 2. The number of unbranched alkanes of at least 4 members (excludes halogenated alkanes) is 1. The number of carbonyl (C=O) groups excluding carboxylic acids is 2. The summed E-state index contributed by atoms with van der Waals surface area (Å²) in [6, 6.07) is 6.49. The van der Waals surface area contributed by atoms with Gasteiger partial charge in [0.1, 0.15) is 5.75 Å². The van der Waals surface area contributed by atoms with Crippen LogP contribution in [-0.4, -0.2) is 54.9 Å². The maximum Gasteiger partial charge on any atom is 0.233 e. The molecule has 5 nitrogen and oxygen atoms in total. The van der Waals surface area contributed by atoms with Gasteiger partial charge in [0, 0.05) is 18.7 Å². The molecule has 4 unspecified atom stereocenters. The fourth-order valence-electron chi connectivity index (χ4n) is 8.32. The molecule has 2 amide bonds. The number of ether oxygens (including phenoxy) is 1. The molecule has 2 heterocycles. The lowest BCUT2D eigenvalue weighted by molar-refractivity contribution is -0.140. The Morgan fingerprint density at radius 1 is 0.912 bits per heavy atom. The van der Waals surface area contributed by atoms with Gasteiger partial charge in [-0.3, -0.25) is 14.5 Å². The van der Waals surface area contributed by atoms with Crippen LogP contribution in [0, 0.1) is 41.4 Å². The third-order valence-corrected chi connectivity index (χ3v) is 9.92. The topological polar surface area (TPSA) is 49.9 Å². The maximum atomic E-state index is 13.2. The molecule has 2 bridgehead atoms. The van der Waals surface area contributed by atoms with Crippen LogP contribution >= 0.6 is 0 Å². The first kappa shape index (κ1) is 20.9. The van der Waals surface area contributed by atoms with E-state index in [1.54, 1.807) is 12.0 Å². The highest BCUT2D eigenvalue weighted by Crippen LogP contribution is 2.58. The molecular formula is C29H34N2O3. The second-order valence-corrected chi connectivity index (χ2v) is 11.4. The van der Waals surface area contributed by atoms with Crippen LogP contribution in [-0.2, 0) is 16.0 Å². The van der Waals surface area contributed by atoms with Gasteiger partial charge < -0.3 is 9.64 Å². The van der Waals surface area contributed by atoms with Gasteiger partial charge in [-0.05, 0) is 85.9 Å². The van der Waals surface area contributed by atoms with Crippen molar-refractivity contribution in [1.29, 1.82) is 0 Å².